The highest BCUT2D eigenvalue weighted by atomic mass is 16.2. The van der Waals surface area contributed by atoms with E-state index >= 15 is 0 Å². The van der Waals surface area contributed by atoms with E-state index in [1.54, 1.807) is 12.4 Å². The summed E-state index contributed by atoms with van der Waals surface area (Å²) in [4.78, 5) is 55.8. The molecule has 4 aliphatic carbocycles. The summed E-state index contributed by atoms with van der Waals surface area (Å²) in [7, 11) is 0. The largest absolute Gasteiger partial charge is 0.300 e. The average Bonchev–Trinajstić information content (AvgIpc) is 3.43. The van der Waals surface area contributed by atoms with E-state index in [9.17, 15) is 19.2 Å². The Morgan fingerprint density at radius 3 is 2.67 bits per heavy atom. The Bertz CT molecular complexity index is 984. The van der Waals surface area contributed by atoms with Crippen molar-refractivity contribution in [1.29, 1.82) is 0 Å². The summed E-state index contributed by atoms with van der Waals surface area (Å²) in [5.41, 5.74) is -0.563. The van der Waals surface area contributed by atoms with Crippen LogP contribution in [-0.2, 0) is 14.4 Å². The molecule has 0 N–H and O–H groups in total. The number of carbonyl (C=O) groups is 4. The fourth-order valence-electron chi connectivity index (χ4n) is 8.48. The SMILES string of the molecule is CC(CCC(=O)n1ccnc1)C1CCC2C3C(=O)CC4CC(=O)CCC4(C)C3CC(=O)C12C. The van der Waals surface area contributed by atoms with Gasteiger partial charge in [0.05, 0.1) is 0 Å². The van der Waals surface area contributed by atoms with Gasteiger partial charge in [-0.05, 0) is 60.7 Å². The van der Waals surface area contributed by atoms with E-state index in [1.165, 1.54) is 10.9 Å². The highest BCUT2D eigenvalue weighted by molar-refractivity contribution is 5.93. The van der Waals surface area contributed by atoms with Crippen LogP contribution in [0.25, 0.3) is 0 Å². The van der Waals surface area contributed by atoms with Crippen LogP contribution in [0.15, 0.2) is 18.7 Å². The summed E-state index contributed by atoms with van der Waals surface area (Å²) in [6, 6.07) is 0. The van der Waals surface area contributed by atoms with Crippen LogP contribution in [0.2, 0.25) is 0 Å². The molecule has 8 atom stereocenters. The number of hydrogen-bond acceptors (Lipinski definition) is 5. The van der Waals surface area contributed by atoms with E-state index in [1.807, 2.05) is 0 Å². The summed E-state index contributed by atoms with van der Waals surface area (Å²) < 4.78 is 1.52. The molecule has 1 heterocycles. The minimum absolute atomic E-state index is 0.0300. The van der Waals surface area contributed by atoms with E-state index in [0.717, 1.165) is 25.7 Å². The van der Waals surface area contributed by atoms with Gasteiger partial charge in [-0.25, -0.2) is 4.98 Å². The van der Waals surface area contributed by atoms with Crippen molar-refractivity contribution in [3.8, 4) is 0 Å². The first-order chi connectivity index (χ1) is 15.7. The number of Topliss-reactive ketones (excluding diaryl/α,β-unsaturated/α-hetero) is 3. The molecule has 0 bridgehead atoms. The molecular weight excluding hydrogens is 416 g/mol. The second-order valence-corrected chi connectivity index (χ2v) is 11.8. The van der Waals surface area contributed by atoms with Crippen LogP contribution >= 0.6 is 0 Å². The number of ketones is 3. The standard InChI is InChI=1S/C27H36N2O4/c1-16(4-7-24(33)29-11-10-28-15-29)19-5-6-20-25-21(14-23(32)27(19,20)3)26(2)9-8-18(30)12-17(26)13-22(25)31/h10-11,15-17,19-21,25H,4-9,12-14H2,1-3H3. The van der Waals surface area contributed by atoms with Crippen molar-refractivity contribution in [3.05, 3.63) is 18.7 Å². The maximum atomic E-state index is 13.8. The Labute approximate surface area is 195 Å². The molecule has 5 rings (SSSR count). The smallest absolute Gasteiger partial charge is 0.231 e. The number of carbonyl (C=O) groups excluding carboxylic acids is 4. The average molecular weight is 453 g/mol. The van der Waals surface area contributed by atoms with Crippen molar-refractivity contribution in [2.75, 3.05) is 0 Å². The molecule has 0 amide bonds. The van der Waals surface area contributed by atoms with Crippen LogP contribution in [0.1, 0.15) is 83.4 Å². The van der Waals surface area contributed by atoms with Crippen LogP contribution in [0.3, 0.4) is 0 Å². The Kier molecular flexibility index (Phi) is 5.49. The van der Waals surface area contributed by atoms with Crippen molar-refractivity contribution in [1.82, 2.24) is 9.55 Å². The molecule has 4 saturated carbocycles. The van der Waals surface area contributed by atoms with Gasteiger partial charge in [-0.1, -0.05) is 20.8 Å². The molecule has 0 aromatic carbocycles. The van der Waals surface area contributed by atoms with Gasteiger partial charge in [-0.15, -0.1) is 0 Å². The third-order valence-corrected chi connectivity index (χ3v) is 10.5. The number of hydrogen-bond donors (Lipinski definition) is 0. The van der Waals surface area contributed by atoms with Gasteiger partial charge in [-0.2, -0.15) is 0 Å². The first-order valence-electron chi connectivity index (χ1n) is 12.7. The zero-order valence-electron chi connectivity index (χ0n) is 20.1. The maximum Gasteiger partial charge on any atom is 0.231 e. The summed E-state index contributed by atoms with van der Waals surface area (Å²) >= 11 is 0. The van der Waals surface area contributed by atoms with Crippen LogP contribution in [0, 0.1) is 46.3 Å². The molecule has 0 aliphatic heterocycles. The number of rotatable bonds is 4. The Balaban J connectivity index is 1.36. The van der Waals surface area contributed by atoms with Gasteiger partial charge < -0.3 is 0 Å². The van der Waals surface area contributed by atoms with Crippen molar-refractivity contribution in [3.63, 3.8) is 0 Å². The molecule has 8 unspecified atom stereocenters. The van der Waals surface area contributed by atoms with Gasteiger partial charge in [0.1, 0.15) is 23.7 Å². The minimum Gasteiger partial charge on any atom is -0.300 e. The molecule has 4 fully saturated rings. The van der Waals surface area contributed by atoms with E-state index in [-0.39, 0.29) is 52.6 Å². The van der Waals surface area contributed by atoms with Gasteiger partial charge in [0.15, 0.2) is 0 Å². The monoisotopic (exact) mass is 452 g/mol. The minimum atomic E-state index is -0.484. The quantitative estimate of drug-likeness (QED) is 0.670. The molecule has 6 nitrogen and oxygen atoms in total. The normalized spacial score (nSPS) is 41.3. The van der Waals surface area contributed by atoms with Crippen molar-refractivity contribution < 1.29 is 19.2 Å². The molecule has 6 heteroatoms. The number of imidazole rings is 1. The van der Waals surface area contributed by atoms with E-state index in [0.29, 0.717) is 43.7 Å². The second kappa shape index (κ2) is 7.99. The summed E-state index contributed by atoms with van der Waals surface area (Å²) in [6.07, 6.45) is 10.7. The molecule has 1 aromatic rings. The highest BCUT2D eigenvalue weighted by Crippen LogP contribution is 2.66. The molecule has 0 spiro atoms. The Morgan fingerprint density at radius 1 is 1.15 bits per heavy atom. The predicted octanol–water partition coefficient (Wildman–Crippen LogP) is 4.53. The zero-order chi connectivity index (χ0) is 23.5. The first-order valence-corrected chi connectivity index (χ1v) is 12.7. The summed E-state index contributed by atoms with van der Waals surface area (Å²) in [6.45, 7) is 6.54. The van der Waals surface area contributed by atoms with Crippen LogP contribution in [0.4, 0.5) is 0 Å². The third kappa shape index (κ3) is 3.38. The lowest BCUT2D eigenvalue weighted by Gasteiger charge is -2.58. The van der Waals surface area contributed by atoms with Gasteiger partial charge in [0.25, 0.3) is 0 Å². The summed E-state index contributed by atoms with van der Waals surface area (Å²) in [5, 5.41) is 0. The van der Waals surface area contributed by atoms with E-state index < -0.39 is 5.41 Å². The summed E-state index contributed by atoms with van der Waals surface area (Å²) in [5.74, 6) is 1.60. The van der Waals surface area contributed by atoms with Crippen molar-refractivity contribution in [2.24, 2.45) is 46.3 Å². The maximum absolute atomic E-state index is 13.8. The van der Waals surface area contributed by atoms with Gasteiger partial charge in [0.2, 0.25) is 5.91 Å². The van der Waals surface area contributed by atoms with Crippen LogP contribution in [0.5, 0.6) is 0 Å². The molecule has 4 aliphatic rings. The number of fused-ring (bicyclic) bond motifs is 5. The topological polar surface area (TPSA) is 86.1 Å². The molecule has 33 heavy (non-hydrogen) atoms. The van der Waals surface area contributed by atoms with Gasteiger partial charge in [0, 0.05) is 55.8 Å². The molecular formula is C27H36N2O4. The molecule has 178 valence electrons. The van der Waals surface area contributed by atoms with E-state index in [2.05, 4.69) is 25.8 Å². The molecule has 0 radical (unpaired) electrons. The number of aromatic nitrogens is 2. The second-order valence-electron chi connectivity index (χ2n) is 11.8. The lowest BCUT2D eigenvalue weighted by Crippen LogP contribution is -2.60. The van der Waals surface area contributed by atoms with Gasteiger partial charge >= 0.3 is 0 Å². The fourth-order valence-corrected chi connectivity index (χ4v) is 8.48. The first kappa shape index (κ1) is 22.7. The van der Waals surface area contributed by atoms with Crippen molar-refractivity contribution >= 4 is 23.3 Å². The lowest BCUT2D eigenvalue weighted by molar-refractivity contribution is -0.166. The van der Waals surface area contributed by atoms with Crippen molar-refractivity contribution in [2.45, 2.75) is 78.6 Å². The molecule has 1 aromatic heterocycles. The number of nitrogens with zero attached hydrogens (tertiary/aromatic N) is 2. The van der Waals surface area contributed by atoms with Crippen LogP contribution < -0.4 is 0 Å². The lowest BCUT2D eigenvalue weighted by atomic mass is 9.44. The Hall–Kier alpha value is -2.11. The zero-order valence-corrected chi connectivity index (χ0v) is 20.1. The van der Waals surface area contributed by atoms with Crippen LogP contribution in [-0.4, -0.2) is 32.8 Å². The third-order valence-electron chi connectivity index (χ3n) is 10.5. The van der Waals surface area contributed by atoms with Gasteiger partial charge in [-0.3, -0.25) is 23.7 Å². The Morgan fingerprint density at radius 2 is 1.94 bits per heavy atom. The highest BCUT2D eigenvalue weighted by Gasteiger charge is 2.66. The predicted molar refractivity (Wildman–Crippen MR) is 122 cm³/mol. The molecule has 0 saturated heterocycles. The fraction of sp³-hybridized carbons (Fsp3) is 0.741. The van der Waals surface area contributed by atoms with E-state index in [4.69, 9.17) is 0 Å².